The lowest BCUT2D eigenvalue weighted by Crippen LogP contribution is -1.99. The second kappa shape index (κ2) is 14.5. The van der Waals surface area contributed by atoms with Crippen molar-refractivity contribution in [3.05, 3.63) is 71.8 Å². The van der Waals surface area contributed by atoms with Gasteiger partial charge in [0.1, 0.15) is 12.2 Å². The Morgan fingerprint density at radius 1 is 0.567 bits per heavy atom. The largest absolute Gasteiger partial charge is 0.369 e. The molecule has 0 bridgehead atoms. The minimum absolute atomic E-state index is 0.416. The number of hydrogen-bond acceptors (Lipinski definition) is 4. The van der Waals surface area contributed by atoms with Gasteiger partial charge in [-0.2, -0.15) is 0 Å². The highest BCUT2D eigenvalue weighted by Gasteiger charge is 2.04. The van der Waals surface area contributed by atoms with Crippen LogP contribution in [0.4, 0.5) is 0 Å². The Bertz CT molecular complexity index is 819. The van der Waals surface area contributed by atoms with E-state index in [1.165, 1.54) is 0 Å². The highest BCUT2D eigenvalue weighted by atomic mass is 16.5. The van der Waals surface area contributed by atoms with Crippen LogP contribution in [-0.2, 0) is 9.47 Å². The maximum absolute atomic E-state index is 11.7. The second-order valence-electron chi connectivity index (χ2n) is 6.69. The standard InChI is InChI=1S/C26H26O4/c27-25(23-17-11-9-12-18-23)29-21-15-7-5-3-1-2-4-6-8-16-22-30-26(28)24-19-13-10-14-20-24/h9-14,17-20H,1-8H2. The molecule has 4 nitrogen and oxygen atoms in total. The van der Waals surface area contributed by atoms with Crippen molar-refractivity contribution in [3.63, 3.8) is 0 Å². The maximum atomic E-state index is 11.7. The van der Waals surface area contributed by atoms with Gasteiger partial charge >= 0.3 is 11.9 Å². The smallest absolute Gasteiger partial charge is 0.352 e. The van der Waals surface area contributed by atoms with E-state index in [-0.39, 0.29) is 0 Å². The van der Waals surface area contributed by atoms with E-state index in [4.69, 9.17) is 9.47 Å². The van der Waals surface area contributed by atoms with E-state index in [2.05, 4.69) is 24.1 Å². The Morgan fingerprint density at radius 2 is 0.933 bits per heavy atom. The van der Waals surface area contributed by atoms with Crippen molar-refractivity contribution < 1.29 is 19.1 Å². The Hall–Kier alpha value is -3.50. The molecule has 0 N–H and O–H groups in total. The van der Waals surface area contributed by atoms with Crippen molar-refractivity contribution >= 4 is 11.9 Å². The molecule has 0 saturated heterocycles. The van der Waals surface area contributed by atoms with E-state index < -0.39 is 11.9 Å². The van der Waals surface area contributed by atoms with Crippen LogP contribution in [-0.4, -0.2) is 11.9 Å². The molecule has 4 heteroatoms. The predicted molar refractivity (Wildman–Crippen MR) is 116 cm³/mol. The maximum Gasteiger partial charge on any atom is 0.352 e. The van der Waals surface area contributed by atoms with Crippen molar-refractivity contribution in [1.82, 2.24) is 0 Å². The van der Waals surface area contributed by atoms with E-state index in [9.17, 15) is 9.59 Å². The predicted octanol–water partition coefficient (Wildman–Crippen LogP) is 5.74. The summed E-state index contributed by atoms with van der Waals surface area (Å²) in [6.07, 6.45) is 12.9. The van der Waals surface area contributed by atoms with Crippen molar-refractivity contribution in [3.8, 4) is 24.1 Å². The molecule has 0 fully saturated rings. The first-order chi connectivity index (χ1) is 14.8. The number of unbranched alkanes of at least 4 members (excludes halogenated alkanes) is 7. The third kappa shape index (κ3) is 9.62. The fraction of sp³-hybridized carbons (Fsp3) is 0.308. The third-order valence-corrected chi connectivity index (χ3v) is 4.30. The summed E-state index contributed by atoms with van der Waals surface area (Å²) in [7, 11) is 0. The molecule has 0 amide bonds. The molecule has 0 aliphatic carbocycles. The summed E-state index contributed by atoms with van der Waals surface area (Å²) in [6, 6.07) is 17.7. The molecule has 0 heterocycles. The number of carbonyl (C=O) groups excluding carboxylic acids is 2. The minimum atomic E-state index is -0.416. The van der Waals surface area contributed by atoms with Gasteiger partial charge in [-0.3, -0.25) is 0 Å². The van der Waals surface area contributed by atoms with Crippen LogP contribution in [0, 0.1) is 24.1 Å². The third-order valence-electron chi connectivity index (χ3n) is 4.30. The summed E-state index contributed by atoms with van der Waals surface area (Å²) in [5, 5.41) is 0. The van der Waals surface area contributed by atoms with Gasteiger partial charge in [0.05, 0.1) is 11.1 Å². The van der Waals surface area contributed by atoms with Gasteiger partial charge in [-0.1, -0.05) is 73.9 Å². The van der Waals surface area contributed by atoms with Crippen molar-refractivity contribution in [2.24, 2.45) is 0 Å². The van der Waals surface area contributed by atoms with Crippen LogP contribution in [0.5, 0.6) is 0 Å². The van der Waals surface area contributed by atoms with Crippen LogP contribution in [0.2, 0.25) is 0 Å². The van der Waals surface area contributed by atoms with Crippen LogP contribution in [0.15, 0.2) is 60.7 Å². The van der Waals surface area contributed by atoms with Gasteiger partial charge in [0.15, 0.2) is 0 Å². The first kappa shape index (κ1) is 22.8. The zero-order chi connectivity index (χ0) is 21.3. The molecular formula is C26H26O4. The van der Waals surface area contributed by atoms with Gasteiger partial charge in [0, 0.05) is 12.8 Å². The summed E-state index contributed by atoms with van der Waals surface area (Å²) in [5.74, 6) is 4.93. The first-order valence-electron chi connectivity index (χ1n) is 10.3. The summed E-state index contributed by atoms with van der Waals surface area (Å²) < 4.78 is 9.83. The molecule has 154 valence electrons. The van der Waals surface area contributed by atoms with E-state index in [1.807, 2.05) is 12.1 Å². The van der Waals surface area contributed by atoms with Crippen molar-refractivity contribution in [2.45, 2.75) is 51.4 Å². The molecular weight excluding hydrogens is 376 g/mol. The lowest BCUT2D eigenvalue weighted by atomic mass is 10.1. The van der Waals surface area contributed by atoms with E-state index >= 15 is 0 Å². The van der Waals surface area contributed by atoms with Gasteiger partial charge in [-0.25, -0.2) is 9.59 Å². The minimum Gasteiger partial charge on any atom is -0.369 e. The van der Waals surface area contributed by atoms with Gasteiger partial charge in [-0.15, -0.1) is 0 Å². The van der Waals surface area contributed by atoms with E-state index in [1.54, 1.807) is 48.5 Å². The molecule has 0 aliphatic heterocycles. The zero-order valence-corrected chi connectivity index (χ0v) is 17.1. The number of rotatable bonds is 9. The molecule has 0 radical (unpaired) electrons. The molecule has 0 unspecified atom stereocenters. The van der Waals surface area contributed by atoms with E-state index in [0.717, 1.165) is 51.4 Å². The van der Waals surface area contributed by atoms with Gasteiger partial charge in [0.2, 0.25) is 0 Å². The lowest BCUT2D eigenvalue weighted by molar-refractivity contribution is 0.0681. The summed E-state index contributed by atoms with van der Waals surface area (Å²) in [5.41, 5.74) is 1.01. The Balaban J connectivity index is 1.42. The average Bonchev–Trinajstić information content (AvgIpc) is 2.80. The highest BCUT2D eigenvalue weighted by Crippen LogP contribution is 2.08. The summed E-state index contributed by atoms with van der Waals surface area (Å²) >= 11 is 0. The SMILES string of the molecule is O=C(OC#CCCCCCCCCC#COC(=O)c1ccccc1)c1ccccc1. The lowest BCUT2D eigenvalue weighted by Gasteiger charge is -1.98. The fourth-order valence-electron chi connectivity index (χ4n) is 2.67. The van der Waals surface area contributed by atoms with Crippen molar-refractivity contribution in [1.29, 1.82) is 0 Å². The zero-order valence-electron chi connectivity index (χ0n) is 17.1. The first-order valence-corrected chi connectivity index (χ1v) is 10.3. The quantitative estimate of drug-likeness (QED) is 0.305. The number of benzene rings is 2. The molecule has 0 spiro atoms. The topological polar surface area (TPSA) is 52.6 Å². The normalized spacial score (nSPS) is 9.47. The summed E-state index contributed by atoms with van der Waals surface area (Å²) in [6.45, 7) is 0. The van der Waals surface area contributed by atoms with Gasteiger partial charge in [0.25, 0.3) is 0 Å². The van der Waals surface area contributed by atoms with Crippen LogP contribution >= 0.6 is 0 Å². The van der Waals surface area contributed by atoms with E-state index in [0.29, 0.717) is 11.1 Å². The number of esters is 2. The molecule has 2 rings (SSSR count). The molecule has 30 heavy (non-hydrogen) atoms. The molecule has 0 atom stereocenters. The second-order valence-corrected chi connectivity index (χ2v) is 6.69. The number of hydrogen-bond donors (Lipinski definition) is 0. The Morgan fingerprint density at radius 3 is 1.33 bits per heavy atom. The molecule has 2 aromatic rings. The van der Waals surface area contributed by atoms with Crippen LogP contribution in [0.3, 0.4) is 0 Å². The summed E-state index contributed by atoms with van der Waals surface area (Å²) in [4.78, 5) is 23.4. The Labute approximate surface area is 178 Å². The number of ether oxygens (including phenoxy) is 2. The molecule has 0 aliphatic rings. The monoisotopic (exact) mass is 402 g/mol. The Kier molecular flexibility index (Phi) is 11.0. The van der Waals surface area contributed by atoms with Crippen LogP contribution in [0.1, 0.15) is 72.1 Å². The van der Waals surface area contributed by atoms with Gasteiger partial charge < -0.3 is 9.47 Å². The van der Waals surface area contributed by atoms with Crippen molar-refractivity contribution in [2.75, 3.05) is 0 Å². The average molecular weight is 402 g/mol. The molecule has 0 saturated carbocycles. The number of carbonyl (C=O) groups is 2. The fourth-order valence-corrected chi connectivity index (χ4v) is 2.67. The van der Waals surface area contributed by atoms with Crippen LogP contribution in [0.25, 0.3) is 0 Å². The van der Waals surface area contributed by atoms with Crippen LogP contribution < -0.4 is 0 Å². The highest BCUT2D eigenvalue weighted by molar-refractivity contribution is 5.90. The molecule has 0 aromatic heterocycles. The van der Waals surface area contributed by atoms with Gasteiger partial charge in [-0.05, 0) is 37.1 Å². The molecule has 2 aromatic carbocycles.